The van der Waals surface area contributed by atoms with Crippen molar-refractivity contribution in [3.63, 3.8) is 0 Å². The van der Waals surface area contributed by atoms with Gasteiger partial charge in [0.25, 0.3) is 5.91 Å². The molecule has 20 heavy (non-hydrogen) atoms. The lowest BCUT2D eigenvalue weighted by Gasteiger charge is -2.22. The van der Waals surface area contributed by atoms with Crippen molar-refractivity contribution in [3.05, 3.63) is 29.3 Å². The number of carbonyl (C=O) groups is 1. The van der Waals surface area contributed by atoms with Crippen LogP contribution in [0.25, 0.3) is 0 Å². The Morgan fingerprint density at radius 2 is 2.00 bits per heavy atom. The lowest BCUT2D eigenvalue weighted by atomic mass is 10.0. The minimum Gasteiger partial charge on any atom is -0.481 e. The van der Waals surface area contributed by atoms with Crippen LogP contribution < -0.4 is 10.1 Å². The predicted molar refractivity (Wildman–Crippen MR) is 82.1 cm³/mol. The van der Waals surface area contributed by atoms with Gasteiger partial charge in [-0.05, 0) is 38.9 Å². The molecule has 0 fully saturated rings. The Bertz CT molecular complexity index is 458. The van der Waals surface area contributed by atoms with E-state index in [9.17, 15) is 4.79 Å². The van der Waals surface area contributed by atoms with Crippen molar-refractivity contribution < 1.29 is 9.53 Å². The van der Waals surface area contributed by atoms with Gasteiger partial charge in [0.1, 0.15) is 5.75 Å². The molecular weight excluding hydrogens is 252 g/mol. The smallest absolute Gasteiger partial charge is 0.262 e. The molecule has 112 valence electrons. The highest BCUT2D eigenvalue weighted by Gasteiger charge is 2.19. The zero-order chi connectivity index (χ0) is 15.3. The molecule has 0 aliphatic rings. The van der Waals surface area contributed by atoms with Gasteiger partial charge >= 0.3 is 0 Å². The minimum atomic E-state index is -0.487. The van der Waals surface area contributed by atoms with Gasteiger partial charge in [-0.1, -0.05) is 19.1 Å². The van der Waals surface area contributed by atoms with Crippen molar-refractivity contribution in [1.82, 2.24) is 10.2 Å². The molecule has 0 spiro atoms. The largest absolute Gasteiger partial charge is 0.481 e. The van der Waals surface area contributed by atoms with E-state index in [0.717, 1.165) is 23.4 Å². The second-order valence-corrected chi connectivity index (χ2v) is 5.31. The van der Waals surface area contributed by atoms with E-state index in [1.807, 2.05) is 13.0 Å². The maximum absolute atomic E-state index is 11.9. The zero-order valence-corrected chi connectivity index (χ0v) is 13.4. The van der Waals surface area contributed by atoms with Gasteiger partial charge < -0.3 is 15.0 Å². The van der Waals surface area contributed by atoms with Gasteiger partial charge in [0.05, 0.1) is 0 Å². The van der Waals surface area contributed by atoms with Gasteiger partial charge in [-0.3, -0.25) is 4.79 Å². The van der Waals surface area contributed by atoms with Gasteiger partial charge in [0.2, 0.25) is 0 Å². The maximum Gasteiger partial charge on any atom is 0.262 e. The Kier molecular flexibility index (Phi) is 6.02. The second kappa shape index (κ2) is 7.29. The molecule has 0 aliphatic carbocycles. The third kappa shape index (κ3) is 4.23. The number of carbonyl (C=O) groups excluding carboxylic acids is 1. The molecule has 0 saturated carbocycles. The molecule has 1 aromatic carbocycles. The first-order chi connectivity index (χ1) is 9.36. The Labute approximate surface area is 122 Å². The molecule has 0 aromatic heterocycles. The van der Waals surface area contributed by atoms with Crippen LogP contribution in [0.5, 0.6) is 5.75 Å². The van der Waals surface area contributed by atoms with Crippen molar-refractivity contribution in [1.29, 1.82) is 0 Å². The number of likely N-dealkylation sites (N-methyl/N-ethyl adjacent to an activating group) is 1. The van der Waals surface area contributed by atoms with Crippen LogP contribution in [0.1, 0.15) is 37.9 Å². The predicted octanol–water partition coefficient (Wildman–Crippen LogP) is 2.52. The summed E-state index contributed by atoms with van der Waals surface area (Å²) in [5.41, 5.74) is 2.20. The third-order valence-corrected chi connectivity index (χ3v) is 3.24. The van der Waals surface area contributed by atoms with Crippen LogP contribution >= 0.6 is 0 Å². The van der Waals surface area contributed by atoms with Crippen molar-refractivity contribution in [3.8, 4) is 5.75 Å². The molecule has 0 radical (unpaired) electrons. The standard InChI is InChI=1S/C16H26N2O2/c1-7-17-12(3)14-9-8-11(2)10-15(14)20-13(4)16(19)18(5)6/h8-10,12-13,17H,7H2,1-6H3. The first kappa shape index (κ1) is 16.5. The molecule has 0 heterocycles. The van der Waals surface area contributed by atoms with Crippen molar-refractivity contribution in [2.24, 2.45) is 0 Å². The number of aryl methyl sites for hydroxylation is 1. The quantitative estimate of drug-likeness (QED) is 0.869. The monoisotopic (exact) mass is 278 g/mol. The molecule has 0 saturated heterocycles. The van der Waals surface area contributed by atoms with Gasteiger partial charge in [-0.2, -0.15) is 0 Å². The number of benzene rings is 1. The number of rotatable bonds is 6. The molecule has 1 amide bonds. The van der Waals surface area contributed by atoms with E-state index >= 15 is 0 Å². The molecular formula is C16H26N2O2. The summed E-state index contributed by atoms with van der Waals surface area (Å²) in [5.74, 6) is 0.745. The Hall–Kier alpha value is -1.55. The molecule has 2 atom stereocenters. The van der Waals surface area contributed by atoms with Gasteiger partial charge in [-0.25, -0.2) is 0 Å². The summed E-state index contributed by atoms with van der Waals surface area (Å²) in [5, 5.41) is 3.37. The molecule has 0 bridgehead atoms. The normalized spacial score (nSPS) is 13.7. The van der Waals surface area contributed by atoms with Gasteiger partial charge in [0.15, 0.2) is 6.10 Å². The summed E-state index contributed by atoms with van der Waals surface area (Å²) in [6.45, 7) is 8.86. The summed E-state index contributed by atoms with van der Waals surface area (Å²) >= 11 is 0. The van der Waals surface area contributed by atoms with E-state index in [0.29, 0.717) is 0 Å². The van der Waals surface area contributed by atoms with Crippen LogP contribution in [0, 0.1) is 6.92 Å². The van der Waals surface area contributed by atoms with E-state index in [1.165, 1.54) is 0 Å². The molecule has 4 nitrogen and oxygen atoms in total. The fourth-order valence-corrected chi connectivity index (χ4v) is 2.12. The number of nitrogens with one attached hydrogen (secondary N) is 1. The first-order valence-corrected chi connectivity index (χ1v) is 7.08. The molecule has 1 N–H and O–H groups in total. The van der Waals surface area contributed by atoms with E-state index in [2.05, 4.69) is 31.3 Å². The third-order valence-electron chi connectivity index (χ3n) is 3.24. The summed E-state index contributed by atoms with van der Waals surface area (Å²) in [6, 6.07) is 6.30. The summed E-state index contributed by atoms with van der Waals surface area (Å²) in [7, 11) is 3.47. The first-order valence-electron chi connectivity index (χ1n) is 7.08. The number of hydrogen-bond donors (Lipinski definition) is 1. The van der Waals surface area contributed by atoms with E-state index < -0.39 is 6.10 Å². The average Bonchev–Trinajstić information content (AvgIpc) is 2.37. The van der Waals surface area contributed by atoms with Crippen LogP contribution in [0.3, 0.4) is 0 Å². The van der Waals surface area contributed by atoms with E-state index in [1.54, 1.807) is 25.9 Å². The Morgan fingerprint density at radius 3 is 2.55 bits per heavy atom. The van der Waals surface area contributed by atoms with Crippen LogP contribution in [-0.2, 0) is 4.79 Å². The number of ether oxygens (including phenoxy) is 1. The zero-order valence-electron chi connectivity index (χ0n) is 13.4. The van der Waals surface area contributed by atoms with E-state index in [-0.39, 0.29) is 11.9 Å². The SMILES string of the molecule is CCNC(C)c1ccc(C)cc1OC(C)C(=O)N(C)C. The van der Waals surface area contributed by atoms with E-state index in [4.69, 9.17) is 4.74 Å². The lowest BCUT2D eigenvalue weighted by Crippen LogP contribution is -2.35. The summed E-state index contributed by atoms with van der Waals surface area (Å²) < 4.78 is 5.89. The summed E-state index contributed by atoms with van der Waals surface area (Å²) in [6.07, 6.45) is -0.487. The van der Waals surface area contributed by atoms with Gasteiger partial charge in [0, 0.05) is 25.7 Å². The molecule has 4 heteroatoms. The molecule has 0 aliphatic heterocycles. The average molecular weight is 278 g/mol. The fraction of sp³-hybridized carbons (Fsp3) is 0.562. The summed E-state index contributed by atoms with van der Waals surface area (Å²) in [4.78, 5) is 13.5. The van der Waals surface area contributed by atoms with Crippen LogP contribution in [0.15, 0.2) is 18.2 Å². The number of nitrogens with zero attached hydrogens (tertiary/aromatic N) is 1. The minimum absolute atomic E-state index is 0.0337. The van der Waals surface area contributed by atoms with Crippen LogP contribution in [0.2, 0.25) is 0 Å². The number of amides is 1. The lowest BCUT2D eigenvalue weighted by molar-refractivity contribution is -0.135. The Morgan fingerprint density at radius 1 is 1.35 bits per heavy atom. The molecule has 2 unspecified atom stereocenters. The van der Waals surface area contributed by atoms with Crippen molar-refractivity contribution in [2.45, 2.75) is 39.8 Å². The van der Waals surface area contributed by atoms with Crippen LogP contribution in [0.4, 0.5) is 0 Å². The topological polar surface area (TPSA) is 41.6 Å². The Balaban J connectivity index is 2.98. The highest BCUT2D eigenvalue weighted by Crippen LogP contribution is 2.27. The maximum atomic E-state index is 11.9. The molecule has 1 aromatic rings. The highest BCUT2D eigenvalue weighted by atomic mass is 16.5. The second-order valence-electron chi connectivity index (χ2n) is 5.31. The van der Waals surface area contributed by atoms with Crippen LogP contribution in [-0.4, -0.2) is 37.6 Å². The van der Waals surface area contributed by atoms with Crippen molar-refractivity contribution in [2.75, 3.05) is 20.6 Å². The number of hydrogen-bond acceptors (Lipinski definition) is 3. The van der Waals surface area contributed by atoms with Gasteiger partial charge in [-0.15, -0.1) is 0 Å². The fourth-order valence-electron chi connectivity index (χ4n) is 2.12. The molecule has 1 rings (SSSR count). The highest BCUT2D eigenvalue weighted by molar-refractivity contribution is 5.80. The van der Waals surface area contributed by atoms with Crippen molar-refractivity contribution >= 4 is 5.91 Å².